The fourth-order valence-corrected chi connectivity index (χ4v) is 6.34. The summed E-state index contributed by atoms with van der Waals surface area (Å²) in [5.41, 5.74) is 5.64. The molecule has 4 aromatic rings. The van der Waals surface area contributed by atoms with Crippen molar-refractivity contribution >= 4 is 29.0 Å². The monoisotopic (exact) mass is 634 g/mol. The van der Waals surface area contributed by atoms with Crippen LogP contribution in [0.2, 0.25) is 0 Å². The standard InChI is InChI=1S/C37H42N6O4/c1-24-28(8-6-9-30(24)40-34(44)25-10-12-26(13-11-25)37(2)16-7-17-37)31-23-42(4)36(46)33(39-31)38-27-14-15-29(32(22-27)47-5)35(45)43-20-18-41(3)19-21-43/h6,8-15,22-23H,7,16-21H2,1-5H3,(H,38,39)(H,40,44). The van der Waals surface area contributed by atoms with Crippen LogP contribution in [0.5, 0.6) is 5.75 Å². The molecule has 2 heterocycles. The van der Waals surface area contributed by atoms with Crippen molar-refractivity contribution in [1.82, 2.24) is 19.4 Å². The molecule has 3 aromatic carbocycles. The van der Waals surface area contributed by atoms with Crippen LogP contribution in [-0.2, 0) is 12.5 Å². The van der Waals surface area contributed by atoms with Crippen LogP contribution in [0.3, 0.4) is 0 Å². The number of likely N-dealkylation sites (N-methyl/N-ethyl adjacent to an activating group) is 1. The van der Waals surface area contributed by atoms with E-state index in [9.17, 15) is 14.4 Å². The summed E-state index contributed by atoms with van der Waals surface area (Å²) in [6.45, 7) is 7.15. The highest BCUT2D eigenvalue weighted by Gasteiger charge is 2.33. The molecule has 1 saturated heterocycles. The van der Waals surface area contributed by atoms with Crippen molar-refractivity contribution in [2.45, 2.75) is 38.5 Å². The molecule has 244 valence electrons. The number of hydrogen-bond donors (Lipinski definition) is 2. The minimum absolute atomic E-state index is 0.0833. The van der Waals surface area contributed by atoms with Gasteiger partial charge in [0.25, 0.3) is 17.4 Å². The zero-order valence-electron chi connectivity index (χ0n) is 27.7. The van der Waals surface area contributed by atoms with Crippen molar-refractivity contribution in [2.24, 2.45) is 7.05 Å². The molecule has 2 N–H and O–H groups in total. The minimum Gasteiger partial charge on any atom is -0.496 e. The average molecular weight is 635 g/mol. The molecule has 0 atom stereocenters. The number of aromatic nitrogens is 2. The van der Waals surface area contributed by atoms with Gasteiger partial charge < -0.3 is 29.7 Å². The topological polar surface area (TPSA) is 109 Å². The van der Waals surface area contributed by atoms with E-state index in [0.29, 0.717) is 47.0 Å². The number of aryl methyl sites for hydroxylation is 1. The lowest BCUT2D eigenvalue weighted by Gasteiger charge is -2.39. The summed E-state index contributed by atoms with van der Waals surface area (Å²) in [4.78, 5) is 48.3. The van der Waals surface area contributed by atoms with Gasteiger partial charge in [-0.25, -0.2) is 4.98 Å². The Bertz CT molecular complexity index is 1870. The van der Waals surface area contributed by atoms with Crippen LogP contribution in [-0.4, -0.2) is 71.5 Å². The zero-order valence-corrected chi connectivity index (χ0v) is 27.7. The van der Waals surface area contributed by atoms with E-state index in [-0.39, 0.29) is 28.6 Å². The van der Waals surface area contributed by atoms with Crippen LogP contribution in [0.25, 0.3) is 11.3 Å². The Morgan fingerprint density at radius 3 is 2.34 bits per heavy atom. The van der Waals surface area contributed by atoms with Gasteiger partial charge in [-0.05, 0) is 73.7 Å². The second-order valence-electron chi connectivity index (χ2n) is 13.0. The van der Waals surface area contributed by atoms with Crippen LogP contribution in [0, 0.1) is 6.92 Å². The van der Waals surface area contributed by atoms with E-state index in [2.05, 4.69) is 34.6 Å². The molecule has 2 aliphatic rings. The summed E-state index contributed by atoms with van der Waals surface area (Å²) < 4.78 is 7.06. The molecule has 0 radical (unpaired) electrons. The van der Waals surface area contributed by atoms with Crippen molar-refractivity contribution in [3.8, 4) is 17.0 Å². The third-order valence-electron chi connectivity index (χ3n) is 9.72. The predicted octanol–water partition coefficient (Wildman–Crippen LogP) is 5.59. The number of benzene rings is 3. The predicted molar refractivity (Wildman–Crippen MR) is 185 cm³/mol. The Hall–Kier alpha value is -4.96. The number of amides is 2. The van der Waals surface area contributed by atoms with Crippen molar-refractivity contribution in [1.29, 1.82) is 0 Å². The van der Waals surface area contributed by atoms with E-state index in [1.807, 2.05) is 49.2 Å². The first kappa shape index (κ1) is 32.0. The first-order valence-corrected chi connectivity index (χ1v) is 16.1. The second kappa shape index (κ2) is 13.0. The third kappa shape index (κ3) is 6.51. The first-order chi connectivity index (χ1) is 22.6. The van der Waals surface area contributed by atoms with Gasteiger partial charge in [-0.15, -0.1) is 0 Å². The Morgan fingerprint density at radius 1 is 0.957 bits per heavy atom. The molecule has 2 fully saturated rings. The first-order valence-electron chi connectivity index (χ1n) is 16.1. The van der Waals surface area contributed by atoms with Crippen molar-refractivity contribution in [2.75, 3.05) is 51.0 Å². The molecule has 1 aliphatic carbocycles. The number of nitrogens with one attached hydrogen (secondary N) is 2. The van der Waals surface area contributed by atoms with E-state index in [1.54, 1.807) is 31.4 Å². The maximum atomic E-state index is 13.2. The zero-order chi connectivity index (χ0) is 33.3. The van der Waals surface area contributed by atoms with E-state index in [1.165, 1.54) is 36.5 Å². The molecular weight excluding hydrogens is 592 g/mol. The SMILES string of the molecule is COc1cc(Nc2nc(-c3cccc(NC(=O)c4ccc(C5(C)CCC5)cc4)c3C)cn(C)c2=O)ccc1C(=O)N1CCN(C)CC1. The molecular formula is C37H42N6O4. The number of carbonyl (C=O) groups is 2. The molecule has 6 rings (SSSR count). The number of anilines is 3. The van der Waals surface area contributed by atoms with Gasteiger partial charge in [0.15, 0.2) is 5.82 Å². The normalized spacial score (nSPS) is 15.9. The highest BCUT2D eigenvalue weighted by molar-refractivity contribution is 6.05. The van der Waals surface area contributed by atoms with Gasteiger partial charge in [0.05, 0.1) is 18.4 Å². The van der Waals surface area contributed by atoms with Crippen LogP contribution < -0.4 is 20.9 Å². The number of nitrogens with zero attached hydrogens (tertiary/aromatic N) is 4. The second-order valence-corrected chi connectivity index (χ2v) is 13.0. The average Bonchev–Trinajstić information content (AvgIpc) is 3.06. The van der Waals surface area contributed by atoms with Crippen molar-refractivity contribution in [3.05, 3.63) is 99.5 Å². The molecule has 2 amide bonds. The summed E-state index contributed by atoms with van der Waals surface area (Å²) in [5, 5.41) is 6.19. The lowest BCUT2D eigenvalue weighted by molar-refractivity contribution is 0.0660. The summed E-state index contributed by atoms with van der Waals surface area (Å²) >= 11 is 0. The number of hydrogen-bond acceptors (Lipinski definition) is 7. The number of ether oxygens (including phenoxy) is 1. The van der Waals surface area contributed by atoms with Gasteiger partial charge in [-0.1, -0.05) is 37.6 Å². The Kier molecular flexibility index (Phi) is 8.88. The van der Waals surface area contributed by atoms with Crippen molar-refractivity contribution in [3.63, 3.8) is 0 Å². The van der Waals surface area contributed by atoms with E-state index >= 15 is 0 Å². The quantitative estimate of drug-likeness (QED) is 0.260. The third-order valence-corrected chi connectivity index (χ3v) is 9.72. The fraction of sp³-hybridized carbons (Fsp3) is 0.351. The van der Waals surface area contributed by atoms with Gasteiger partial charge in [-0.2, -0.15) is 0 Å². The molecule has 0 unspecified atom stereocenters. The Labute approximate surface area is 275 Å². The van der Waals surface area contributed by atoms with Crippen LogP contribution >= 0.6 is 0 Å². The molecule has 47 heavy (non-hydrogen) atoms. The highest BCUT2D eigenvalue weighted by Crippen LogP contribution is 2.43. The van der Waals surface area contributed by atoms with Crippen LogP contribution in [0.4, 0.5) is 17.2 Å². The fourth-order valence-electron chi connectivity index (χ4n) is 6.34. The number of methoxy groups -OCH3 is 1. The largest absolute Gasteiger partial charge is 0.496 e. The van der Waals surface area contributed by atoms with E-state index in [0.717, 1.165) is 24.2 Å². The Morgan fingerprint density at radius 2 is 1.68 bits per heavy atom. The maximum Gasteiger partial charge on any atom is 0.293 e. The van der Waals surface area contributed by atoms with E-state index < -0.39 is 0 Å². The molecule has 10 nitrogen and oxygen atoms in total. The summed E-state index contributed by atoms with van der Waals surface area (Å²) in [5.74, 6) is 0.271. The molecule has 0 spiro atoms. The maximum absolute atomic E-state index is 13.2. The molecule has 0 bridgehead atoms. The summed E-state index contributed by atoms with van der Waals surface area (Å²) in [6, 6.07) is 18.7. The molecule has 1 aliphatic heterocycles. The van der Waals surface area contributed by atoms with Gasteiger partial charge >= 0.3 is 0 Å². The number of carbonyl (C=O) groups excluding carboxylic acids is 2. The summed E-state index contributed by atoms with van der Waals surface area (Å²) in [6.07, 6.45) is 5.29. The van der Waals surface area contributed by atoms with Gasteiger partial charge in [-0.3, -0.25) is 14.4 Å². The van der Waals surface area contributed by atoms with Crippen LogP contribution in [0.1, 0.15) is 58.0 Å². The van der Waals surface area contributed by atoms with Gasteiger partial charge in [0, 0.05) is 68.0 Å². The smallest absolute Gasteiger partial charge is 0.293 e. The lowest BCUT2D eigenvalue weighted by Crippen LogP contribution is -2.47. The minimum atomic E-state index is -0.313. The van der Waals surface area contributed by atoms with E-state index in [4.69, 9.17) is 9.72 Å². The number of rotatable bonds is 8. The highest BCUT2D eigenvalue weighted by atomic mass is 16.5. The van der Waals surface area contributed by atoms with Crippen LogP contribution in [0.15, 0.2) is 71.7 Å². The van der Waals surface area contributed by atoms with Gasteiger partial charge in [0.2, 0.25) is 0 Å². The van der Waals surface area contributed by atoms with Gasteiger partial charge in [0.1, 0.15) is 5.75 Å². The molecule has 1 aromatic heterocycles. The summed E-state index contributed by atoms with van der Waals surface area (Å²) in [7, 11) is 5.24. The lowest BCUT2D eigenvalue weighted by atomic mass is 9.66. The number of piperazine rings is 1. The van der Waals surface area contributed by atoms with Crippen molar-refractivity contribution < 1.29 is 14.3 Å². The molecule has 10 heteroatoms. The Balaban J connectivity index is 1.22. The molecule has 1 saturated carbocycles.